The van der Waals surface area contributed by atoms with Crippen molar-refractivity contribution in [3.05, 3.63) is 65.7 Å². The average Bonchev–Trinajstić information content (AvgIpc) is 2.93. The Hall–Kier alpha value is -3.15. The summed E-state index contributed by atoms with van der Waals surface area (Å²) in [6, 6.07) is 11.4. The fourth-order valence-corrected chi connectivity index (χ4v) is 2.92. The number of aliphatic hydroxyl groups excluding tert-OH is 1. The summed E-state index contributed by atoms with van der Waals surface area (Å²) in [7, 11) is 1.53. The normalized spacial score (nSPS) is 17.1. The molecule has 0 fully saturated rings. The van der Waals surface area contributed by atoms with Gasteiger partial charge in [0.25, 0.3) is 5.91 Å². The Balaban J connectivity index is 2.17. The number of rotatable bonds is 5. The predicted molar refractivity (Wildman–Crippen MR) is 92.4 cm³/mol. The van der Waals surface area contributed by atoms with Gasteiger partial charge in [0.05, 0.1) is 18.4 Å². The van der Waals surface area contributed by atoms with Gasteiger partial charge in [-0.25, -0.2) is 0 Å². The van der Waals surface area contributed by atoms with Gasteiger partial charge in [0.15, 0.2) is 11.5 Å². The summed E-state index contributed by atoms with van der Waals surface area (Å²) < 4.78 is 5.22. The molecule has 1 N–H and O–H groups in total. The number of hydrogen-bond acceptors (Lipinski definition) is 5. The number of carbonyl (C=O) groups is 2. The third-order valence-corrected chi connectivity index (χ3v) is 4.13. The molecule has 6 nitrogen and oxygen atoms in total. The number of pyridine rings is 1. The quantitative estimate of drug-likeness (QED) is 0.906. The van der Waals surface area contributed by atoms with Crippen LogP contribution in [0.4, 0.5) is 5.69 Å². The minimum absolute atomic E-state index is 0.0778. The maximum absolute atomic E-state index is 12.7. The van der Waals surface area contributed by atoms with E-state index in [1.807, 2.05) is 0 Å². The van der Waals surface area contributed by atoms with Crippen molar-refractivity contribution in [1.29, 1.82) is 0 Å². The van der Waals surface area contributed by atoms with Crippen LogP contribution in [0.1, 0.15) is 25.1 Å². The van der Waals surface area contributed by atoms with Crippen molar-refractivity contribution in [2.75, 3.05) is 12.0 Å². The van der Waals surface area contributed by atoms with E-state index in [0.29, 0.717) is 17.1 Å². The second-order valence-corrected chi connectivity index (χ2v) is 5.57. The van der Waals surface area contributed by atoms with Gasteiger partial charge in [-0.1, -0.05) is 19.1 Å². The van der Waals surface area contributed by atoms with Crippen LogP contribution in [0.5, 0.6) is 5.75 Å². The summed E-state index contributed by atoms with van der Waals surface area (Å²) in [5, 5.41) is 10.4. The molecule has 3 rings (SSSR count). The molecular formula is C19H18N2O4. The number of ketones is 1. The summed E-state index contributed by atoms with van der Waals surface area (Å²) in [5.41, 5.74) is 1.11. The van der Waals surface area contributed by atoms with Crippen LogP contribution in [0.3, 0.4) is 0 Å². The van der Waals surface area contributed by atoms with Gasteiger partial charge in [0.1, 0.15) is 11.8 Å². The lowest BCUT2D eigenvalue weighted by Gasteiger charge is -2.26. The molecule has 1 atom stereocenters. The number of ether oxygens (including phenoxy) is 1. The zero-order valence-electron chi connectivity index (χ0n) is 14.0. The molecule has 1 unspecified atom stereocenters. The first-order chi connectivity index (χ1) is 12.1. The summed E-state index contributed by atoms with van der Waals surface area (Å²) in [6.45, 7) is 1.69. The van der Waals surface area contributed by atoms with Crippen LogP contribution >= 0.6 is 0 Å². The SMILES string of the molecule is CCC(=O)C1=C(O)C(=O)N(c2cccc(OC)c2)C1c1ccccn1. The van der Waals surface area contributed by atoms with Crippen molar-refractivity contribution in [2.24, 2.45) is 0 Å². The molecule has 0 saturated heterocycles. The second-order valence-electron chi connectivity index (χ2n) is 5.57. The lowest BCUT2D eigenvalue weighted by Crippen LogP contribution is -2.31. The highest BCUT2D eigenvalue weighted by molar-refractivity contribution is 6.16. The van der Waals surface area contributed by atoms with E-state index in [4.69, 9.17) is 4.74 Å². The van der Waals surface area contributed by atoms with Crippen LogP contribution in [0.2, 0.25) is 0 Å². The van der Waals surface area contributed by atoms with Gasteiger partial charge in [-0.15, -0.1) is 0 Å². The first-order valence-corrected chi connectivity index (χ1v) is 7.93. The van der Waals surface area contributed by atoms with Crippen molar-refractivity contribution in [3.63, 3.8) is 0 Å². The average molecular weight is 338 g/mol. The van der Waals surface area contributed by atoms with Crippen LogP contribution in [-0.2, 0) is 9.59 Å². The van der Waals surface area contributed by atoms with E-state index in [2.05, 4.69) is 4.98 Å². The molecule has 1 aromatic heterocycles. The number of methoxy groups -OCH3 is 1. The number of benzene rings is 1. The van der Waals surface area contributed by atoms with Crippen LogP contribution in [0.15, 0.2) is 60.0 Å². The standard InChI is InChI=1S/C19H18N2O4/c1-3-15(22)16-17(14-9-4-5-10-20-14)21(19(24)18(16)23)12-7-6-8-13(11-12)25-2/h4-11,17,23H,3H2,1-2H3. The van der Waals surface area contributed by atoms with E-state index >= 15 is 0 Å². The van der Waals surface area contributed by atoms with Crippen molar-refractivity contribution in [2.45, 2.75) is 19.4 Å². The van der Waals surface area contributed by atoms with E-state index in [-0.39, 0.29) is 17.8 Å². The molecule has 2 aromatic rings. The van der Waals surface area contributed by atoms with Crippen molar-refractivity contribution >= 4 is 17.4 Å². The topological polar surface area (TPSA) is 79.7 Å². The number of anilines is 1. The Morgan fingerprint density at radius 1 is 1.28 bits per heavy atom. The van der Waals surface area contributed by atoms with Gasteiger partial charge in [-0.05, 0) is 24.3 Å². The third-order valence-electron chi connectivity index (χ3n) is 4.13. The minimum Gasteiger partial charge on any atom is -0.503 e. The van der Waals surface area contributed by atoms with Crippen molar-refractivity contribution < 1.29 is 19.4 Å². The zero-order chi connectivity index (χ0) is 18.0. The van der Waals surface area contributed by atoms with E-state index in [0.717, 1.165) is 0 Å². The molecule has 1 aromatic carbocycles. The second kappa shape index (κ2) is 6.76. The van der Waals surface area contributed by atoms with Crippen molar-refractivity contribution in [3.8, 4) is 5.75 Å². The summed E-state index contributed by atoms with van der Waals surface area (Å²) in [5.74, 6) is -0.863. The predicted octanol–water partition coefficient (Wildman–Crippen LogP) is 2.97. The summed E-state index contributed by atoms with van der Waals surface area (Å²) >= 11 is 0. The molecule has 0 bridgehead atoms. The maximum Gasteiger partial charge on any atom is 0.294 e. The lowest BCUT2D eigenvalue weighted by molar-refractivity contribution is -0.118. The lowest BCUT2D eigenvalue weighted by atomic mass is 9.98. The molecular weight excluding hydrogens is 320 g/mol. The number of amides is 1. The van der Waals surface area contributed by atoms with Gasteiger partial charge >= 0.3 is 0 Å². The monoisotopic (exact) mass is 338 g/mol. The first kappa shape index (κ1) is 16.7. The van der Waals surface area contributed by atoms with Gasteiger partial charge < -0.3 is 9.84 Å². The van der Waals surface area contributed by atoms with Crippen molar-refractivity contribution in [1.82, 2.24) is 4.98 Å². The molecule has 0 saturated carbocycles. The molecule has 1 aliphatic heterocycles. The van der Waals surface area contributed by atoms with Gasteiger partial charge in [0, 0.05) is 24.4 Å². The first-order valence-electron chi connectivity index (χ1n) is 7.93. The highest BCUT2D eigenvalue weighted by Crippen LogP contribution is 2.41. The molecule has 128 valence electrons. The Morgan fingerprint density at radius 3 is 2.72 bits per heavy atom. The molecule has 6 heteroatoms. The molecule has 25 heavy (non-hydrogen) atoms. The third kappa shape index (κ3) is 2.87. The molecule has 0 spiro atoms. The fraction of sp³-hybridized carbons (Fsp3) is 0.211. The van der Waals surface area contributed by atoms with Gasteiger partial charge in [-0.3, -0.25) is 19.5 Å². The molecule has 1 aliphatic rings. The van der Waals surface area contributed by atoms with Crippen LogP contribution in [0.25, 0.3) is 0 Å². The van der Waals surface area contributed by atoms with E-state index in [9.17, 15) is 14.7 Å². The number of nitrogens with zero attached hydrogens (tertiary/aromatic N) is 2. The molecule has 0 radical (unpaired) electrons. The highest BCUT2D eigenvalue weighted by atomic mass is 16.5. The van der Waals surface area contributed by atoms with E-state index in [1.54, 1.807) is 55.6 Å². The Labute approximate surface area is 145 Å². The zero-order valence-corrected chi connectivity index (χ0v) is 14.0. The summed E-state index contributed by atoms with van der Waals surface area (Å²) in [6.07, 6.45) is 1.77. The Morgan fingerprint density at radius 2 is 2.08 bits per heavy atom. The number of aromatic nitrogens is 1. The maximum atomic E-state index is 12.7. The van der Waals surface area contributed by atoms with Crippen LogP contribution < -0.4 is 9.64 Å². The number of carbonyl (C=O) groups excluding carboxylic acids is 2. The van der Waals surface area contributed by atoms with Crippen LogP contribution in [-0.4, -0.2) is 28.9 Å². The van der Waals surface area contributed by atoms with Gasteiger partial charge in [0.2, 0.25) is 0 Å². The largest absolute Gasteiger partial charge is 0.503 e. The van der Waals surface area contributed by atoms with Gasteiger partial charge in [-0.2, -0.15) is 0 Å². The van der Waals surface area contributed by atoms with E-state index < -0.39 is 17.7 Å². The minimum atomic E-state index is -0.770. The van der Waals surface area contributed by atoms with Crippen LogP contribution in [0, 0.1) is 0 Å². The van der Waals surface area contributed by atoms with E-state index in [1.165, 1.54) is 12.0 Å². The summed E-state index contributed by atoms with van der Waals surface area (Å²) in [4.78, 5) is 30.8. The highest BCUT2D eigenvalue weighted by Gasteiger charge is 2.44. The fourth-order valence-electron chi connectivity index (χ4n) is 2.92. The number of Topliss-reactive ketones (excluding diaryl/α,β-unsaturated/α-hetero) is 1. The smallest absolute Gasteiger partial charge is 0.294 e. The Bertz CT molecular complexity index is 846. The number of aliphatic hydroxyl groups is 1. The number of hydrogen-bond donors (Lipinski definition) is 1. The molecule has 2 heterocycles. The molecule has 0 aliphatic carbocycles. The molecule has 1 amide bonds. The Kier molecular flexibility index (Phi) is 4.52.